The van der Waals surface area contributed by atoms with Gasteiger partial charge in [0.05, 0.1) is 6.54 Å². The molecule has 0 bridgehead atoms. The second kappa shape index (κ2) is 7.08. The van der Waals surface area contributed by atoms with Gasteiger partial charge in [-0.25, -0.2) is 4.79 Å². The molecule has 0 amide bonds. The number of carboxylic acids is 1. The van der Waals surface area contributed by atoms with Gasteiger partial charge in [-0.1, -0.05) is 6.58 Å². The molecule has 5 heteroatoms. The van der Waals surface area contributed by atoms with E-state index in [0.29, 0.717) is 0 Å². The Morgan fingerprint density at radius 1 is 1.50 bits per heavy atom. The monoisotopic (exact) mass is 203 g/mol. The summed E-state index contributed by atoms with van der Waals surface area (Å²) in [7, 11) is 0. The van der Waals surface area contributed by atoms with Crippen LogP contribution in [0.5, 0.6) is 0 Å². The van der Waals surface area contributed by atoms with Crippen LogP contribution in [0.3, 0.4) is 0 Å². The van der Waals surface area contributed by atoms with Crippen molar-refractivity contribution >= 4 is 11.9 Å². The van der Waals surface area contributed by atoms with Crippen LogP contribution in [0, 0.1) is 0 Å². The van der Waals surface area contributed by atoms with Gasteiger partial charge in [0.25, 0.3) is 0 Å². The molecule has 0 aromatic heterocycles. The molecule has 0 spiro atoms. The fourth-order valence-electron chi connectivity index (χ4n) is 0.383. The normalized spacial score (nSPS) is 9.43. The van der Waals surface area contributed by atoms with Crippen LogP contribution in [-0.2, 0) is 14.3 Å². The number of hydrogen-bond acceptors (Lipinski definition) is 4. The van der Waals surface area contributed by atoms with E-state index in [9.17, 15) is 9.59 Å². The van der Waals surface area contributed by atoms with Gasteiger partial charge >= 0.3 is 11.9 Å². The van der Waals surface area contributed by atoms with E-state index in [4.69, 9.17) is 15.6 Å². The summed E-state index contributed by atoms with van der Waals surface area (Å²) in [6.45, 7) is 8.33. The van der Waals surface area contributed by atoms with Gasteiger partial charge in [-0.05, 0) is 20.8 Å². The van der Waals surface area contributed by atoms with Crippen molar-refractivity contribution in [3.05, 3.63) is 12.7 Å². The molecule has 0 atom stereocenters. The second-order valence-corrected chi connectivity index (χ2v) is 3.33. The van der Waals surface area contributed by atoms with Gasteiger partial charge in [-0.2, -0.15) is 0 Å². The molecule has 0 aliphatic carbocycles. The van der Waals surface area contributed by atoms with Crippen LogP contribution in [0.1, 0.15) is 20.8 Å². The van der Waals surface area contributed by atoms with Gasteiger partial charge in [0.1, 0.15) is 5.60 Å². The van der Waals surface area contributed by atoms with Gasteiger partial charge < -0.3 is 15.6 Å². The summed E-state index contributed by atoms with van der Waals surface area (Å²) in [5, 5.41) is 7.60. The SMILES string of the molecule is C=CC(=O)O.CC(C)(C)OC(=O)CN. The molecule has 0 saturated heterocycles. The lowest BCUT2D eigenvalue weighted by Crippen LogP contribution is -2.28. The van der Waals surface area contributed by atoms with E-state index in [0.717, 1.165) is 6.08 Å². The van der Waals surface area contributed by atoms with E-state index in [1.165, 1.54) is 0 Å². The molecular weight excluding hydrogens is 186 g/mol. The van der Waals surface area contributed by atoms with E-state index in [1.54, 1.807) is 20.8 Å². The molecule has 0 radical (unpaired) electrons. The van der Waals surface area contributed by atoms with Crippen LogP contribution in [0.15, 0.2) is 12.7 Å². The van der Waals surface area contributed by atoms with E-state index in [2.05, 4.69) is 6.58 Å². The van der Waals surface area contributed by atoms with Crippen molar-refractivity contribution in [2.75, 3.05) is 6.54 Å². The Bertz CT molecular complexity index is 205. The molecule has 0 aromatic carbocycles. The van der Waals surface area contributed by atoms with Crippen molar-refractivity contribution in [3.8, 4) is 0 Å². The van der Waals surface area contributed by atoms with Gasteiger partial charge in [0, 0.05) is 6.08 Å². The van der Waals surface area contributed by atoms with E-state index in [1.807, 2.05) is 0 Å². The molecule has 0 fully saturated rings. The highest BCUT2D eigenvalue weighted by atomic mass is 16.6. The first-order valence-electron chi connectivity index (χ1n) is 4.00. The first kappa shape index (κ1) is 15.1. The molecule has 82 valence electrons. The minimum absolute atomic E-state index is 0.0444. The number of rotatable bonds is 2. The Morgan fingerprint density at radius 3 is 1.93 bits per heavy atom. The van der Waals surface area contributed by atoms with Crippen LogP contribution >= 0.6 is 0 Å². The first-order valence-corrected chi connectivity index (χ1v) is 4.00. The maximum absolute atomic E-state index is 10.5. The molecule has 3 N–H and O–H groups in total. The summed E-state index contributed by atoms with van der Waals surface area (Å²) >= 11 is 0. The lowest BCUT2D eigenvalue weighted by atomic mass is 10.2. The van der Waals surface area contributed by atoms with Crippen LogP contribution in [0.2, 0.25) is 0 Å². The van der Waals surface area contributed by atoms with Crippen molar-refractivity contribution in [1.82, 2.24) is 0 Å². The van der Waals surface area contributed by atoms with Crippen LogP contribution in [0.25, 0.3) is 0 Å². The topological polar surface area (TPSA) is 89.6 Å². The highest BCUT2D eigenvalue weighted by Gasteiger charge is 2.13. The molecule has 0 saturated carbocycles. The Morgan fingerprint density at radius 2 is 1.86 bits per heavy atom. The van der Waals surface area contributed by atoms with Crippen LogP contribution < -0.4 is 5.73 Å². The molecule has 0 rings (SSSR count). The third-order valence-corrected chi connectivity index (χ3v) is 0.761. The van der Waals surface area contributed by atoms with Crippen molar-refractivity contribution < 1.29 is 19.4 Å². The fraction of sp³-hybridized carbons (Fsp3) is 0.556. The molecule has 0 aliphatic rings. The molecule has 5 nitrogen and oxygen atoms in total. The maximum Gasteiger partial charge on any atom is 0.327 e. The number of nitrogens with two attached hydrogens (primary N) is 1. The maximum atomic E-state index is 10.5. The minimum Gasteiger partial charge on any atom is -0.478 e. The summed E-state index contributed by atoms with van der Waals surface area (Å²) in [4.78, 5) is 19.7. The number of carboxylic acid groups (broad SMARTS) is 1. The van der Waals surface area contributed by atoms with Gasteiger partial charge in [0.2, 0.25) is 0 Å². The lowest BCUT2D eigenvalue weighted by Gasteiger charge is -2.18. The molecule has 0 aliphatic heterocycles. The predicted octanol–water partition coefficient (Wildman–Crippen LogP) is 0.544. The number of hydrogen-bond donors (Lipinski definition) is 2. The third kappa shape index (κ3) is 16.9. The molecular formula is C9H17NO4. The molecule has 0 aromatic rings. The Hall–Kier alpha value is -1.36. The number of carbonyl (C=O) groups is 2. The highest BCUT2D eigenvalue weighted by Crippen LogP contribution is 2.05. The fourth-order valence-corrected chi connectivity index (χ4v) is 0.383. The van der Waals surface area contributed by atoms with E-state index >= 15 is 0 Å². The third-order valence-electron chi connectivity index (χ3n) is 0.761. The number of carbonyl (C=O) groups excluding carboxylic acids is 1. The Labute approximate surface area is 83.5 Å². The number of ether oxygens (including phenoxy) is 1. The molecule has 0 heterocycles. The van der Waals surface area contributed by atoms with Crippen molar-refractivity contribution in [2.45, 2.75) is 26.4 Å². The van der Waals surface area contributed by atoms with Crippen molar-refractivity contribution in [2.24, 2.45) is 5.73 Å². The average Bonchev–Trinajstić information content (AvgIpc) is 2.02. The Kier molecular flexibility index (Phi) is 7.65. The van der Waals surface area contributed by atoms with Crippen molar-refractivity contribution in [3.63, 3.8) is 0 Å². The van der Waals surface area contributed by atoms with Gasteiger partial charge in [-0.15, -0.1) is 0 Å². The average molecular weight is 203 g/mol. The minimum atomic E-state index is -0.981. The summed E-state index contributed by atoms with van der Waals surface area (Å²) in [6, 6.07) is 0. The largest absolute Gasteiger partial charge is 0.478 e. The Balaban J connectivity index is 0. The highest BCUT2D eigenvalue weighted by molar-refractivity contribution is 5.78. The molecule has 0 unspecified atom stereocenters. The zero-order valence-corrected chi connectivity index (χ0v) is 8.74. The smallest absolute Gasteiger partial charge is 0.327 e. The summed E-state index contributed by atoms with van der Waals surface area (Å²) in [5.74, 6) is -1.34. The van der Waals surface area contributed by atoms with Crippen LogP contribution in [0.4, 0.5) is 0 Å². The summed E-state index contributed by atoms with van der Waals surface area (Å²) in [5.41, 5.74) is 4.60. The summed E-state index contributed by atoms with van der Waals surface area (Å²) < 4.78 is 4.82. The van der Waals surface area contributed by atoms with Crippen molar-refractivity contribution in [1.29, 1.82) is 0 Å². The van der Waals surface area contributed by atoms with E-state index < -0.39 is 11.6 Å². The zero-order chi connectivity index (χ0) is 11.8. The summed E-state index contributed by atoms with van der Waals surface area (Å²) in [6.07, 6.45) is 0.833. The predicted molar refractivity (Wildman–Crippen MR) is 52.7 cm³/mol. The number of esters is 1. The second-order valence-electron chi connectivity index (χ2n) is 3.33. The standard InChI is InChI=1S/C6H13NO2.C3H4O2/c1-6(2,3)9-5(8)4-7;1-2-3(4)5/h4,7H2,1-3H3;2H,1H2,(H,4,5). The number of aliphatic carboxylic acids is 1. The van der Waals surface area contributed by atoms with E-state index in [-0.39, 0.29) is 12.5 Å². The van der Waals surface area contributed by atoms with Gasteiger partial charge in [0.15, 0.2) is 0 Å². The zero-order valence-electron chi connectivity index (χ0n) is 8.74. The van der Waals surface area contributed by atoms with Crippen LogP contribution in [-0.4, -0.2) is 29.2 Å². The van der Waals surface area contributed by atoms with Gasteiger partial charge in [-0.3, -0.25) is 4.79 Å². The molecule has 14 heavy (non-hydrogen) atoms. The first-order chi connectivity index (χ1) is 6.22. The lowest BCUT2D eigenvalue weighted by molar-refractivity contribution is -0.152. The quantitative estimate of drug-likeness (QED) is 0.505.